The van der Waals surface area contributed by atoms with Crippen LogP contribution in [-0.2, 0) is 16.4 Å². The van der Waals surface area contributed by atoms with E-state index < -0.39 is 15.7 Å². The van der Waals surface area contributed by atoms with Gasteiger partial charge in [-0.1, -0.05) is 23.7 Å². The lowest BCUT2D eigenvalue weighted by molar-refractivity contribution is 0.512. The lowest BCUT2D eigenvalue weighted by atomic mass is 10.1. The van der Waals surface area contributed by atoms with Crippen LogP contribution in [-0.4, -0.2) is 19.7 Å². The third-order valence-corrected chi connectivity index (χ3v) is 4.51. The normalized spacial score (nSPS) is 13.1. The van der Waals surface area contributed by atoms with Crippen LogP contribution in [0.5, 0.6) is 0 Å². The predicted octanol–water partition coefficient (Wildman–Crippen LogP) is 3.13. The molecule has 0 radical (unpaired) electrons. The zero-order chi connectivity index (χ0) is 16.3. The summed E-state index contributed by atoms with van der Waals surface area (Å²) in [6.45, 7) is 2.15. The number of rotatable bonds is 5. The molecule has 0 saturated heterocycles. The first-order chi connectivity index (χ1) is 10.3. The Morgan fingerprint density at radius 3 is 2.73 bits per heavy atom. The molecule has 1 atom stereocenters. The Bertz CT molecular complexity index is 781. The van der Waals surface area contributed by atoms with Crippen LogP contribution in [0.1, 0.15) is 24.2 Å². The molecule has 1 aromatic heterocycles. The van der Waals surface area contributed by atoms with Crippen molar-refractivity contribution in [1.82, 2.24) is 10.3 Å². The van der Waals surface area contributed by atoms with E-state index in [1.807, 2.05) is 0 Å². The van der Waals surface area contributed by atoms with Crippen molar-refractivity contribution >= 4 is 21.4 Å². The minimum absolute atomic E-state index is 0.226. The van der Waals surface area contributed by atoms with Crippen molar-refractivity contribution in [3.63, 3.8) is 0 Å². The second-order valence-electron chi connectivity index (χ2n) is 5.02. The zero-order valence-corrected chi connectivity index (χ0v) is 13.7. The molecular formula is C15H16ClFN2O2S. The van der Waals surface area contributed by atoms with Crippen LogP contribution in [0, 0.1) is 5.82 Å². The minimum atomic E-state index is -3.25. The first-order valence-electron chi connectivity index (χ1n) is 6.61. The van der Waals surface area contributed by atoms with Crippen LogP contribution >= 0.6 is 11.6 Å². The van der Waals surface area contributed by atoms with Crippen molar-refractivity contribution in [3.8, 4) is 0 Å². The van der Waals surface area contributed by atoms with Crippen molar-refractivity contribution in [2.24, 2.45) is 0 Å². The fourth-order valence-corrected chi connectivity index (χ4v) is 2.84. The summed E-state index contributed by atoms with van der Waals surface area (Å²) in [5.41, 5.74) is 1.02. The van der Waals surface area contributed by atoms with Gasteiger partial charge in [0.15, 0.2) is 9.84 Å². The highest BCUT2D eigenvalue weighted by molar-refractivity contribution is 7.90. The van der Waals surface area contributed by atoms with Crippen LogP contribution in [0.2, 0.25) is 5.15 Å². The summed E-state index contributed by atoms with van der Waals surface area (Å²) in [6.07, 6.45) is 1.16. The Morgan fingerprint density at radius 2 is 2.05 bits per heavy atom. The number of sulfone groups is 1. The molecule has 0 saturated carbocycles. The van der Waals surface area contributed by atoms with E-state index in [2.05, 4.69) is 10.3 Å². The average Bonchev–Trinajstić information content (AvgIpc) is 2.47. The van der Waals surface area contributed by atoms with Gasteiger partial charge in [0.2, 0.25) is 0 Å². The van der Waals surface area contributed by atoms with Gasteiger partial charge in [-0.05, 0) is 36.8 Å². The Hall–Kier alpha value is -1.50. The Kier molecular flexibility index (Phi) is 5.16. The van der Waals surface area contributed by atoms with E-state index in [9.17, 15) is 12.8 Å². The molecule has 0 aliphatic carbocycles. The molecule has 0 aliphatic rings. The summed E-state index contributed by atoms with van der Waals surface area (Å²) in [4.78, 5) is 4.23. The molecule has 1 N–H and O–H groups in total. The molecule has 22 heavy (non-hydrogen) atoms. The highest BCUT2D eigenvalue weighted by Crippen LogP contribution is 2.18. The number of hydrogen-bond donors (Lipinski definition) is 1. The van der Waals surface area contributed by atoms with Gasteiger partial charge in [-0.25, -0.2) is 17.8 Å². The SMILES string of the molecule is CC(NCc1cccc(S(C)(=O)=O)c1)c1nc(Cl)ccc1F. The monoisotopic (exact) mass is 342 g/mol. The summed E-state index contributed by atoms with van der Waals surface area (Å²) in [7, 11) is -3.25. The van der Waals surface area contributed by atoms with Crippen LogP contribution in [0.15, 0.2) is 41.3 Å². The summed E-state index contributed by atoms with van der Waals surface area (Å²) >= 11 is 5.78. The molecule has 118 valence electrons. The summed E-state index contributed by atoms with van der Waals surface area (Å²) < 4.78 is 36.8. The maximum Gasteiger partial charge on any atom is 0.175 e. The van der Waals surface area contributed by atoms with Crippen LogP contribution in [0.3, 0.4) is 0 Å². The summed E-state index contributed by atoms with van der Waals surface area (Å²) in [5.74, 6) is -0.436. The van der Waals surface area contributed by atoms with Gasteiger partial charge in [0.05, 0.1) is 10.6 Å². The molecule has 1 heterocycles. The molecule has 0 bridgehead atoms. The quantitative estimate of drug-likeness (QED) is 0.848. The first-order valence-corrected chi connectivity index (χ1v) is 8.88. The molecule has 1 unspecified atom stereocenters. The van der Waals surface area contributed by atoms with Crippen molar-refractivity contribution in [3.05, 3.63) is 58.6 Å². The van der Waals surface area contributed by atoms with E-state index in [-0.39, 0.29) is 21.8 Å². The fourth-order valence-electron chi connectivity index (χ4n) is 1.99. The van der Waals surface area contributed by atoms with Gasteiger partial charge in [0.1, 0.15) is 11.0 Å². The molecule has 1 aromatic carbocycles. The lowest BCUT2D eigenvalue weighted by Crippen LogP contribution is -2.20. The average molecular weight is 343 g/mol. The van der Waals surface area contributed by atoms with Gasteiger partial charge < -0.3 is 5.32 Å². The largest absolute Gasteiger partial charge is 0.305 e. The van der Waals surface area contributed by atoms with Crippen LogP contribution in [0.4, 0.5) is 4.39 Å². The minimum Gasteiger partial charge on any atom is -0.305 e. The smallest absolute Gasteiger partial charge is 0.175 e. The molecule has 0 amide bonds. The predicted molar refractivity (Wildman–Crippen MR) is 84.0 cm³/mol. The van der Waals surface area contributed by atoms with E-state index in [1.54, 1.807) is 31.2 Å². The molecule has 2 rings (SSSR count). The number of aromatic nitrogens is 1. The van der Waals surface area contributed by atoms with Crippen molar-refractivity contribution in [1.29, 1.82) is 0 Å². The molecular weight excluding hydrogens is 327 g/mol. The van der Waals surface area contributed by atoms with Crippen LogP contribution < -0.4 is 5.32 Å². The first kappa shape index (κ1) is 16.9. The molecule has 0 spiro atoms. The number of benzene rings is 1. The third kappa shape index (κ3) is 4.25. The molecule has 4 nitrogen and oxygen atoms in total. The van der Waals surface area contributed by atoms with Crippen molar-refractivity contribution in [2.45, 2.75) is 24.4 Å². The summed E-state index contributed by atoms with van der Waals surface area (Å²) in [5, 5.41) is 3.33. The number of hydrogen-bond acceptors (Lipinski definition) is 4. The Balaban J connectivity index is 2.11. The van der Waals surface area contributed by atoms with Gasteiger partial charge in [-0.2, -0.15) is 0 Å². The molecule has 0 aliphatic heterocycles. The van der Waals surface area contributed by atoms with Crippen molar-refractivity contribution in [2.75, 3.05) is 6.26 Å². The van der Waals surface area contributed by atoms with Crippen molar-refractivity contribution < 1.29 is 12.8 Å². The van der Waals surface area contributed by atoms with E-state index in [0.29, 0.717) is 6.54 Å². The van der Waals surface area contributed by atoms with Gasteiger partial charge in [0, 0.05) is 18.8 Å². The fraction of sp³-hybridized carbons (Fsp3) is 0.267. The standard InChI is InChI=1S/C15H16ClFN2O2S/c1-10(15-13(17)6-7-14(16)19-15)18-9-11-4-3-5-12(8-11)22(2,20)21/h3-8,10,18H,9H2,1-2H3. The van der Waals surface area contributed by atoms with E-state index in [4.69, 9.17) is 11.6 Å². The molecule has 0 fully saturated rings. The topological polar surface area (TPSA) is 59.1 Å². The second kappa shape index (κ2) is 6.73. The van der Waals surface area contributed by atoms with E-state index >= 15 is 0 Å². The Morgan fingerprint density at radius 1 is 1.32 bits per heavy atom. The lowest BCUT2D eigenvalue weighted by Gasteiger charge is -2.14. The van der Waals surface area contributed by atoms with Gasteiger partial charge >= 0.3 is 0 Å². The Labute approximate surface area is 134 Å². The third-order valence-electron chi connectivity index (χ3n) is 3.19. The molecule has 2 aromatic rings. The zero-order valence-electron chi connectivity index (χ0n) is 12.2. The number of halogens is 2. The second-order valence-corrected chi connectivity index (χ2v) is 7.43. The number of nitrogens with one attached hydrogen (secondary N) is 1. The maximum absolute atomic E-state index is 13.7. The van der Waals surface area contributed by atoms with Crippen LogP contribution in [0.25, 0.3) is 0 Å². The number of pyridine rings is 1. The molecule has 7 heteroatoms. The summed E-state index contributed by atoms with van der Waals surface area (Å²) in [6, 6.07) is 8.92. The highest BCUT2D eigenvalue weighted by Gasteiger charge is 2.13. The van der Waals surface area contributed by atoms with E-state index in [1.165, 1.54) is 12.1 Å². The van der Waals surface area contributed by atoms with Gasteiger partial charge in [-0.15, -0.1) is 0 Å². The van der Waals surface area contributed by atoms with Gasteiger partial charge in [-0.3, -0.25) is 0 Å². The van der Waals surface area contributed by atoms with Gasteiger partial charge in [0.25, 0.3) is 0 Å². The highest BCUT2D eigenvalue weighted by atomic mass is 35.5. The maximum atomic E-state index is 13.7. The number of nitrogens with zero attached hydrogens (tertiary/aromatic N) is 1. The van der Waals surface area contributed by atoms with E-state index in [0.717, 1.165) is 11.8 Å².